The molecular formula is C40H25N3O. The van der Waals surface area contributed by atoms with Gasteiger partial charge in [-0.05, 0) is 54.6 Å². The second-order valence-electron chi connectivity index (χ2n) is 11.2. The van der Waals surface area contributed by atoms with Gasteiger partial charge in [0, 0.05) is 43.9 Å². The predicted molar refractivity (Wildman–Crippen MR) is 180 cm³/mol. The first-order valence-electron chi connectivity index (χ1n) is 14.8. The number of para-hydroxylation sites is 5. The molecule has 0 saturated heterocycles. The highest BCUT2D eigenvalue weighted by atomic mass is 16.1. The van der Waals surface area contributed by atoms with E-state index in [1.54, 1.807) is 0 Å². The van der Waals surface area contributed by atoms with Gasteiger partial charge in [0.25, 0.3) is 0 Å². The van der Waals surface area contributed by atoms with Crippen LogP contribution in [0.3, 0.4) is 0 Å². The number of rotatable bonds is 4. The normalized spacial score (nSPS) is 11.7. The highest BCUT2D eigenvalue weighted by molar-refractivity contribution is 6.12. The Morgan fingerprint density at radius 3 is 1.39 bits per heavy atom. The molecule has 0 amide bonds. The summed E-state index contributed by atoms with van der Waals surface area (Å²) < 4.78 is 4.54. The van der Waals surface area contributed by atoms with Gasteiger partial charge >= 0.3 is 0 Å². The van der Waals surface area contributed by atoms with Gasteiger partial charge in [-0.15, -0.1) is 0 Å². The number of carbonyl (C=O) groups is 1. The molecule has 0 aliphatic rings. The molecule has 4 nitrogen and oxygen atoms in total. The van der Waals surface area contributed by atoms with Gasteiger partial charge in [0.2, 0.25) is 5.78 Å². The highest BCUT2D eigenvalue weighted by Crippen LogP contribution is 2.36. The monoisotopic (exact) mass is 563 g/mol. The highest BCUT2D eigenvalue weighted by Gasteiger charge is 2.20. The maximum absolute atomic E-state index is 14.3. The lowest BCUT2D eigenvalue weighted by atomic mass is 10.0. The molecule has 0 unspecified atom stereocenters. The largest absolute Gasteiger partial charge is 0.309 e. The second kappa shape index (κ2) is 9.51. The van der Waals surface area contributed by atoms with Gasteiger partial charge in [0.05, 0.1) is 27.6 Å². The number of ketones is 1. The predicted octanol–water partition coefficient (Wildman–Crippen LogP) is 9.66. The molecular weight excluding hydrogens is 538 g/mol. The maximum Gasteiger partial charge on any atom is 0.211 e. The number of nitrogens with zero attached hydrogens (tertiary/aromatic N) is 3. The fraction of sp³-hybridized carbons (Fsp3) is 0. The Hall–Kier alpha value is -6.00. The third-order valence-corrected chi connectivity index (χ3v) is 8.67. The molecule has 0 fully saturated rings. The molecule has 4 heteroatoms. The Bertz CT molecular complexity index is 2350. The third-order valence-electron chi connectivity index (χ3n) is 8.67. The molecule has 0 aliphatic heterocycles. The van der Waals surface area contributed by atoms with Crippen molar-refractivity contribution in [2.75, 3.05) is 0 Å². The van der Waals surface area contributed by atoms with E-state index in [2.05, 4.69) is 112 Å². The number of carbonyl (C=O) groups excluding carboxylic acids is 1. The quantitative estimate of drug-likeness (QED) is 0.200. The van der Waals surface area contributed by atoms with Gasteiger partial charge < -0.3 is 9.13 Å². The van der Waals surface area contributed by atoms with Crippen LogP contribution >= 0.6 is 0 Å². The van der Waals surface area contributed by atoms with E-state index in [1.165, 1.54) is 21.5 Å². The maximum atomic E-state index is 14.3. The molecule has 0 atom stereocenters. The summed E-state index contributed by atoms with van der Waals surface area (Å²) in [5, 5.41) is 5.71. The van der Waals surface area contributed by atoms with Crippen molar-refractivity contribution in [3.8, 4) is 11.4 Å². The fourth-order valence-corrected chi connectivity index (χ4v) is 6.73. The van der Waals surface area contributed by atoms with Gasteiger partial charge in [-0.2, -0.15) is 0 Å². The Balaban J connectivity index is 1.36. The summed E-state index contributed by atoms with van der Waals surface area (Å²) in [6.45, 7) is 0. The summed E-state index contributed by atoms with van der Waals surface area (Å²) in [6.07, 6.45) is 0. The van der Waals surface area contributed by atoms with Crippen molar-refractivity contribution in [1.82, 2.24) is 14.1 Å². The summed E-state index contributed by atoms with van der Waals surface area (Å²) in [5.41, 5.74) is 8.03. The molecule has 44 heavy (non-hydrogen) atoms. The SMILES string of the molecule is O=C(c1cc(-n2c3ccccc3c3ccccc32)cc(-n2c3ccccc3c3ccccc32)c1)c1ccc2ccccc2n1. The molecule has 3 heterocycles. The van der Waals surface area contributed by atoms with Crippen LogP contribution in [0.4, 0.5) is 0 Å². The van der Waals surface area contributed by atoms with Crippen LogP contribution in [0.25, 0.3) is 65.9 Å². The van der Waals surface area contributed by atoms with Gasteiger partial charge in [-0.3, -0.25) is 4.79 Å². The summed E-state index contributed by atoms with van der Waals surface area (Å²) in [4.78, 5) is 19.1. The molecule has 0 aliphatic carbocycles. The van der Waals surface area contributed by atoms with Crippen LogP contribution in [0.15, 0.2) is 152 Å². The van der Waals surface area contributed by atoms with Crippen molar-refractivity contribution in [3.05, 3.63) is 163 Å². The van der Waals surface area contributed by atoms with Crippen LogP contribution in [0.1, 0.15) is 16.1 Å². The van der Waals surface area contributed by atoms with Crippen LogP contribution in [0.2, 0.25) is 0 Å². The minimum Gasteiger partial charge on any atom is -0.309 e. The van der Waals surface area contributed by atoms with E-state index >= 15 is 0 Å². The summed E-state index contributed by atoms with van der Waals surface area (Å²) in [5.74, 6) is -0.111. The van der Waals surface area contributed by atoms with Crippen LogP contribution in [-0.4, -0.2) is 19.9 Å². The Morgan fingerprint density at radius 2 is 0.886 bits per heavy atom. The fourth-order valence-electron chi connectivity index (χ4n) is 6.73. The van der Waals surface area contributed by atoms with E-state index in [-0.39, 0.29) is 5.78 Å². The molecule has 0 spiro atoms. The molecule has 0 radical (unpaired) electrons. The van der Waals surface area contributed by atoms with Crippen molar-refractivity contribution in [1.29, 1.82) is 0 Å². The number of pyridine rings is 1. The van der Waals surface area contributed by atoms with Gasteiger partial charge in [0.15, 0.2) is 0 Å². The zero-order valence-electron chi connectivity index (χ0n) is 23.7. The Morgan fingerprint density at radius 1 is 0.455 bits per heavy atom. The van der Waals surface area contributed by atoms with E-state index < -0.39 is 0 Å². The first-order valence-corrected chi connectivity index (χ1v) is 14.8. The Kier molecular flexibility index (Phi) is 5.32. The third kappa shape index (κ3) is 3.64. The van der Waals surface area contributed by atoms with Crippen LogP contribution in [0.5, 0.6) is 0 Å². The van der Waals surface area contributed by atoms with E-state index in [0.29, 0.717) is 11.3 Å². The standard InChI is InChI=1S/C40H25N3O/c44-40(35-22-21-26-11-1-6-16-34(26)41-35)27-23-28(42-36-17-7-2-12-30(36)31-13-3-8-18-37(31)42)25-29(24-27)43-38-19-9-4-14-32(38)33-15-5-10-20-39(33)43/h1-25H. The zero-order chi connectivity index (χ0) is 29.2. The van der Waals surface area contributed by atoms with E-state index in [4.69, 9.17) is 4.98 Å². The van der Waals surface area contributed by atoms with Crippen molar-refractivity contribution >= 4 is 60.3 Å². The first-order chi connectivity index (χ1) is 21.7. The van der Waals surface area contributed by atoms with Crippen molar-refractivity contribution in [2.45, 2.75) is 0 Å². The lowest BCUT2D eigenvalue weighted by Gasteiger charge is -2.15. The van der Waals surface area contributed by atoms with Crippen molar-refractivity contribution in [2.24, 2.45) is 0 Å². The van der Waals surface area contributed by atoms with Crippen molar-refractivity contribution < 1.29 is 4.79 Å². The lowest BCUT2D eigenvalue weighted by molar-refractivity contribution is 0.103. The minimum absolute atomic E-state index is 0.111. The van der Waals surface area contributed by atoms with Gasteiger partial charge in [-0.25, -0.2) is 4.98 Å². The lowest BCUT2D eigenvalue weighted by Crippen LogP contribution is -2.08. The number of aromatic nitrogens is 3. The molecule has 3 aromatic heterocycles. The second-order valence-corrected chi connectivity index (χ2v) is 11.2. The van der Waals surface area contributed by atoms with E-state index in [9.17, 15) is 4.79 Å². The average Bonchev–Trinajstić information content (AvgIpc) is 3.61. The molecule has 0 saturated carbocycles. The molecule has 9 rings (SSSR count). The molecule has 9 aromatic rings. The topological polar surface area (TPSA) is 39.8 Å². The number of benzene rings is 6. The van der Waals surface area contributed by atoms with Gasteiger partial charge in [-0.1, -0.05) is 97.1 Å². The Labute approximate surface area is 253 Å². The summed E-state index contributed by atoms with van der Waals surface area (Å²) in [7, 11) is 0. The van der Waals surface area contributed by atoms with Crippen LogP contribution in [0, 0.1) is 0 Å². The number of fused-ring (bicyclic) bond motifs is 7. The van der Waals surface area contributed by atoms with Crippen LogP contribution < -0.4 is 0 Å². The summed E-state index contributed by atoms with van der Waals surface area (Å²) in [6, 6.07) is 51.7. The van der Waals surface area contributed by atoms with Gasteiger partial charge in [0.1, 0.15) is 5.69 Å². The number of hydrogen-bond donors (Lipinski definition) is 0. The molecule has 6 aromatic carbocycles. The smallest absolute Gasteiger partial charge is 0.211 e. The summed E-state index contributed by atoms with van der Waals surface area (Å²) >= 11 is 0. The molecule has 206 valence electrons. The molecule has 0 bridgehead atoms. The zero-order valence-corrected chi connectivity index (χ0v) is 23.7. The number of hydrogen-bond acceptors (Lipinski definition) is 2. The minimum atomic E-state index is -0.111. The van der Waals surface area contributed by atoms with E-state index in [0.717, 1.165) is 44.3 Å². The first kappa shape index (κ1) is 24.6. The average molecular weight is 564 g/mol. The van der Waals surface area contributed by atoms with Crippen LogP contribution in [-0.2, 0) is 0 Å². The van der Waals surface area contributed by atoms with Crippen molar-refractivity contribution in [3.63, 3.8) is 0 Å². The molecule has 0 N–H and O–H groups in total. The van der Waals surface area contributed by atoms with E-state index in [1.807, 2.05) is 48.5 Å².